The van der Waals surface area contributed by atoms with Gasteiger partial charge in [-0.15, -0.1) is 10.2 Å². The fourth-order valence-corrected chi connectivity index (χ4v) is 4.59. The van der Waals surface area contributed by atoms with Crippen LogP contribution in [-0.2, 0) is 6.54 Å². The summed E-state index contributed by atoms with van der Waals surface area (Å²) in [5, 5.41) is 9.51. The van der Waals surface area contributed by atoms with Crippen molar-refractivity contribution in [3.8, 4) is 5.75 Å². The van der Waals surface area contributed by atoms with Crippen LogP contribution >= 0.6 is 11.8 Å². The minimum Gasteiger partial charge on any atom is -0.494 e. The van der Waals surface area contributed by atoms with E-state index in [9.17, 15) is 4.79 Å². The van der Waals surface area contributed by atoms with Gasteiger partial charge in [-0.25, -0.2) is 0 Å². The number of hydrogen-bond donors (Lipinski definition) is 0. The van der Waals surface area contributed by atoms with Crippen molar-refractivity contribution < 1.29 is 9.53 Å². The molecule has 0 saturated carbocycles. The van der Waals surface area contributed by atoms with Crippen LogP contribution in [0.1, 0.15) is 55.0 Å². The Kier molecular flexibility index (Phi) is 8.47. The van der Waals surface area contributed by atoms with Gasteiger partial charge in [-0.3, -0.25) is 9.69 Å². The average molecular weight is 453 g/mol. The van der Waals surface area contributed by atoms with E-state index < -0.39 is 0 Å². The molecule has 0 bridgehead atoms. The Morgan fingerprint density at radius 3 is 2.34 bits per heavy atom. The lowest BCUT2D eigenvalue weighted by atomic mass is 10.1. The molecule has 3 aromatic rings. The molecule has 0 amide bonds. The molecule has 7 heteroatoms. The smallest absolute Gasteiger partial charge is 0.192 e. The fourth-order valence-electron chi connectivity index (χ4n) is 3.66. The molecule has 0 aliphatic heterocycles. The summed E-state index contributed by atoms with van der Waals surface area (Å²) < 4.78 is 7.63. The van der Waals surface area contributed by atoms with E-state index in [0.29, 0.717) is 18.7 Å². The number of benzene rings is 2. The van der Waals surface area contributed by atoms with Crippen molar-refractivity contribution in [3.05, 3.63) is 71.5 Å². The third-order valence-corrected chi connectivity index (χ3v) is 6.42. The summed E-state index contributed by atoms with van der Waals surface area (Å²) in [5.74, 6) is 1.75. The van der Waals surface area contributed by atoms with Crippen molar-refractivity contribution >= 4 is 17.5 Å². The minimum atomic E-state index is -0.293. The van der Waals surface area contributed by atoms with Crippen molar-refractivity contribution in [2.24, 2.45) is 0 Å². The summed E-state index contributed by atoms with van der Waals surface area (Å²) in [6.45, 7) is 7.28. The van der Waals surface area contributed by atoms with Crippen LogP contribution in [0, 0.1) is 0 Å². The number of ether oxygens (including phenoxy) is 1. The SMILES string of the molecule is CCOc1ccc(C(=O)[C@@H](C)Sc2nnc([C@@H](CC)N(C)C)n2Cc2ccccc2)cc1. The van der Waals surface area contributed by atoms with Gasteiger partial charge in [-0.05, 0) is 64.2 Å². The standard InChI is InChI=1S/C25H32N4O2S/c1-6-22(28(4)5)24-26-27-25(29(24)17-19-11-9-8-10-12-19)32-18(3)23(30)20-13-15-21(16-14-20)31-7-2/h8-16,18,22H,6-7,17H2,1-5H3/t18-,22-/m1/s1. The van der Waals surface area contributed by atoms with Gasteiger partial charge >= 0.3 is 0 Å². The average Bonchev–Trinajstić information content (AvgIpc) is 3.16. The second kappa shape index (κ2) is 11.3. The highest BCUT2D eigenvalue weighted by Gasteiger charge is 2.25. The van der Waals surface area contributed by atoms with E-state index in [1.807, 2.05) is 56.3 Å². The molecule has 0 radical (unpaired) electrons. The molecule has 3 rings (SSSR count). The number of rotatable bonds is 11. The molecule has 0 aliphatic carbocycles. The van der Waals surface area contributed by atoms with Crippen LogP contribution < -0.4 is 4.74 Å². The molecule has 32 heavy (non-hydrogen) atoms. The zero-order valence-corrected chi connectivity index (χ0v) is 20.3. The molecule has 0 spiro atoms. The van der Waals surface area contributed by atoms with Crippen LogP contribution in [0.4, 0.5) is 0 Å². The van der Waals surface area contributed by atoms with Crippen molar-refractivity contribution in [2.45, 2.75) is 50.2 Å². The lowest BCUT2D eigenvalue weighted by Crippen LogP contribution is -2.23. The zero-order valence-electron chi connectivity index (χ0n) is 19.5. The predicted octanol–water partition coefficient (Wildman–Crippen LogP) is 5.10. The molecule has 0 fully saturated rings. The largest absolute Gasteiger partial charge is 0.494 e. The molecule has 0 N–H and O–H groups in total. The molecule has 1 heterocycles. The maximum absolute atomic E-state index is 13.1. The zero-order chi connectivity index (χ0) is 23.1. The van der Waals surface area contributed by atoms with Crippen molar-refractivity contribution in [3.63, 3.8) is 0 Å². The summed E-state index contributed by atoms with van der Waals surface area (Å²) in [6, 6.07) is 17.8. The van der Waals surface area contributed by atoms with Crippen LogP contribution in [-0.4, -0.2) is 51.4 Å². The van der Waals surface area contributed by atoms with Gasteiger partial charge in [0.2, 0.25) is 0 Å². The molecule has 2 atom stereocenters. The van der Waals surface area contributed by atoms with E-state index >= 15 is 0 Å². The molecule has 0 saturated heterocycles. The van der Waals surface area contributed by atoms with Gasteiger partial charge in [-0.1, -0.05) is 49.0 Å². The number of nitrogens with zero attached hydrogens (tertiary/aromatic N) is 4. The fraction of sp³-hybridized carbons (Fsp3) is 0.400. The van der Waals surface area contributed by atoms with E-state index in [1.54, 1.807) is 0 Å². The Labute approximate surface area is 195 Å². The van der Waals surface area contributed by atoms with Crippen LogP contribution in [0.2, 0.25) is 0 Å². The van der Waals surface area contributed by atoms with Crippen molar-refractivity contribution in [2.75, 3.05) is 20.7 Å². The van der Waals surface area contributed by atoms with Crippen LogP contribution in [0.5, 0.6) is 5.75 Å². The highest BCUT2D eigenvalue weighted by atomic mass is 32.2. The van der Waals surface area contributed by atoms with E-state index in [2.05, 4.69) is 52.8 Å². The van der Waals surface area contributed by atoms with Gasteiger partial charge in [0.1, 0.15) is 5.75 Å². The van der Waals surface area contributed by atoms with E-state index in [0.717, 1.165) is 23.2 Å². The molecule has 6 nitrogen and oxygen atoms in total. The topological polar surface area (TPSA) is 60.2 Å². The Bertz CT molecular complexity index is 1000. The second-order valence-electron chi connectivity index (χ2n) is 7.88. The first kappa shape index (κ1) is 24.0. The summed E-state index contributed by atoms with van der Waals surface area (Å²) in [7, 11) is 4.11. The Morgan fingerprint density at radius 1 is 1.06 bits per heavy atom. The van der Waals surface area contributed by atoms with E-state index in [1.165, 1.54) is 17.3 Å². The molecular formula is C25H32N4O2S. The lowest BCUT2D eigenvalue weighted by molar-refractivity contribution is 0.0994. The monoisotopic (exact) mass is 452 g/mol. The molecule has 1 aromatic heterocycles. The van der Waals surface area contributed by atoms with Gasteiger partial charge < -0.3 is 9.30 Å². The molecule has 0 aliphatic rings. The number of thioether (sulfide) groups is 1. The van der Waals surface area contributed by atoms with E-state index in [4.69, 9.17) is 4.74 Å². The number of carbonyl (C=O) groups excluding carboxylic acids is 1. The number of carbonyl (C=O) groups is 1. The number of hydrogen-bond acceptors (Lipinski definition) is 6. The summed E-state index contributed by atoms with van der Waals surface area (Å²) in [4.78, 5) is 15.2. The van der Waals surface area contributed by atoms with Crippen LogP contribution in [0.15, 0.2) is 59.8 Å². The second-order valence-corrected chi connectivity index (χ2v) is 9.19. The Morgan fingerprint density at radius 2 is 1.75 bits per heavy atom. The Hall–Kier alpha value is -2.64. The molecule has 0 unspecified atom stereocenters. The van der Waals surface area contributed by atoms with Crippen LogP contribution in [0.25, 0.3) is 0 Å². The van der Waals surface area contributed by atoms with Crippen molar-refractivity contribution in [1.29, 1.82) is 0 Å². The van der Waals surface area contributed by atoms with Gasteiger partial charge in [0.25, 0.3) is 0 Å². The third kappa shape index (κ3) is 5.78. The highest BCUT2D eigenvalue weighted by Crippen LogP contribution is 2.30. The maximum atomic E-state index is 13.1. The first-order chi connectivity index (χ1) is 15.4. The molecule has 170 valence electrons. The molecular weight excluding hydrogens is 420 g/mol. The summed E-state index contributed by atoms with van der Waals surface area (Å²) >= 11 is 1.46. The van der Waals surface area contributed by atoms with Crippen molar-refractivity contribution in [1.82, 2.24) is 19.7 Å². The van der Waals surface area contributed by atoms with Gasteiger partial charge in [-0.2, -0.15) is 0 Å². The first-order valence-corrected chi connectivity index (χ1v) is 11.9. The maximum Gasteiger partial charge on any atom is 0.192 e. The van der Waals surface area contributed by atoms with Crippen LogP contribution in [0.3, 0.4) is 0 Å². The van der Waals surface area contributed by atoms with Gasteiger partial charge in [0.15, 0.2) is 16.8 Å². The summed E-state index contributed by atoms with van der Waals surface area (Å²) in [6.07, 6.45) is 0.922. The number of Topliss-reactive ketones (excluding diaryl/α,β-unsaturated/α-hetero) is 1. The minimum absolute atomic E-state index is 0.0634. The first-order valence-electron chi connectivity index (χ1n) is 11.0. The van der Waals surface area contributed by atoms with Gasteiger partial charge in [0, 0.05) is 5.56 Å². The van der Waals surface area contributed by atoms with E-state index in [-0.39, 0.29) is 17.1 Å². The Balaban J connectivity index is 1.85. The predicted molar refractivity (Wildman–Crippen MR) is 130 cm³/mol. The van der Waals surface area contributed by atoms with Gasteiger partial charge in [0.05, 0.1) is 24.4 Å². The summed E-state index contributed by atoms with van der Waals surface area (Å²) in [5.41, 5.74) is 1.84. The quantitative estimate of drug-likeness (QED) is 0.298. The number of ketones is 1. The number of aromatic nitrogens is 3. The normalized spacial score (nSPS) is 13.2. The molecule has 2 aromatic carbocycles. The highest BCUT2D eigenvalue weighted by molar-refractivity contribution is 8.00. The lowest BCUT2D eigenvalue weighted by Gasteiger charge is -2.23. The third-order valence-electron chi connectivity index (χ3n) is 5.34.